The number of carboxylic acids is 2. The second kappa shape index (κ2) is 14.0. The summed E-state index contributed by atoms with van der Waals surface area (Å²) >= 11 is 0. The summed E-state index contributed by atoms with van der Waals surface area (Å²) in [5, 5.41) is 43.7. The van der Waals surface area contributed by atoms with Crippen LogP contribution in [0.3, 0.4) is 0 Å². The predicted molar refractivity (Wildman–Crippen MR) is 110 cm³/mol. The lowest BCUT2D eigenvalue weighted by molar-refractivity contribution is -0.145. The molecule has 0 radical (unpaired) electrons. The molecule has 6 atom stereocenters. The number of hydrogen-bond acceptors (Lipinski definition) is 9. The normalized spacial score (nSPS) is 16.3. The number of aliphatic hydroxyl groups excluding tert-OH is 2. The zero-order chi connectivity index (χ0) is 25.9. The summed E-state index contributed by atoms with van der Waals surface area (Å²) in [5.41, 5.74) is 10.6. The van der Waals surface area contributed by atoms with Gasteiger partial charge in [-0.05, 0) is 26.7 Å². The molecule has 0 aromatic heterocycles. The van der Waals surface area contributed by atoms with E-state index in [-0.39, 0.29) is 12.8 Å². The summed E-state index contributed by atoms with van der Waals surface area (Å²) in [6, 6.07) is -6.17. The lowest BCUT2D eigenvalue weighted by atomic mass is 10.1. The van der Waals surface area contributed by atoms with Gasteiger partial charge >= 0.3 is 11.9 Å². The standard InChI is InChI=1S/C18H31N5O10/c1-7(24)13(22-15(29)9(19)3-5-11(20)26)17(31)21-10(4-6-12(27)28)16(30)23-14(8(2)25)18(32)33/h7-10,13-14,24-25H,3-6,19H2,1-2H3,(H2,20,26)(H,21,31)(H,22,29)(H,23,30)(H,27,28)(H,32,33). The van der Waals surface area contributed by atoms with Gasteiger partial charge in [0.05, 0.1) is 18.2 Å². The molecule has 11 N–H and O–H groups in total. The second-order valence-electron chi connectivity index (χ2n) is 7.40. The second-order valence-corrected chi connectivity index (χ2v) is 7.40. The maximum atomic E-state index is 12.6. The van der Waals surface area contributed by atoms with Crippen LogP contribution in [-0.2, 0) is 28.8 Å². The summed E-state index contributed by atoms with van der Waals surface area (Å²) in [7, 11) is 0. The molecular weight excluding hydrogens is 446 g/mol. The Balaban J connectivity index is 5.46. The van der Waals surface area contributed by atoms with Crippen molar-refractivity contribution >= 4 is 35.6 Å². The molecule has 4 amide bonds. The fraction of sp³-hybridized carbons (Fsp3) is 0.667. The molecule has 0 aromatic carbocycles. The van der Waals surface area contributed by atoms with E-state index >= 15 is 0 Å². The smallest absolute Gasteiger partial charge is 0.328 e. The monoisotopic (exact) mass is 477 g/mol. The highest BCUT2D eigenvalue weighted by Crippen LogP contribution is 2.04. The summed E-state index contributed by atoms with van der Waals surface area (Å²) in [5.74, 6) is -6.67. The molecule has 0 aliphatic carbocycles. The average molecular weight is 477 g/mol. The van der Waals surface area contributed by atoms with Gasteiger partial charge in [0.25, 0.3) is 0 Å². The Bertz CT molecular complexity index is 742. The zero-order valence-electron chi connectivity index (χ0n) is 18.2. The van der Waals surface area contributed by atoms with Gasteiger partial charge in [-0.3, -0.25) is 24.0 Å². The molecule has 0 aliphatic heterocycles. The molecule has 0 aliphatic rings. The number of aliphatic hydroxyl groups is 2. The van der Waals surface area contributed by atoms with Crippen LogP contribution in [0.5, 0.6) is 0 Å². The Morgan fingerprint density at radius 3 is 1.70 bits per heavy atom. The number of hydrogen-bond donors (Lipinski definition) is 9. The minimum Gasteiger partial charge on any atom is -0.481 e. The molecule has 0 saturated heterocycles. The van der Waals surface area contributed by atoms with Crippen LogP contribution in [0.1, 0.15) is 39.5 Å². The van der Waals surface area contributed by atoms with Gasteiger partial charge in [0, 0.05) is 12.8 Å². The number of nitrogens with two attached hydrogens (primary N) is 2. The number of amides is 4. The fourth-order valence-corrected chi connectivity index (χ4v) is 2.54. The Morgan fingerprint density at radius 1 is 0.758 bits per heavy atom. The number of primary amides is 1. The quantitative estimate of drug-likeness (QED) is 0.109. The van der Waals surface area contributed by atoms with Crippen molar-refractivity contribution in [2.45, 2.75) is 75.9 Å². The zero-order valence-corrected chi connectivity index (χ0v) is 18.2. The molecule has 0 saturated carbocycles. The van der Waals surface area contributed by atoms with Crippen LogP contribution in [0.2, 0.25) is 0 Å². The lowest BCUT2D eigenvalue weighted by Crippen LogP contribution is -2.60. The number of carbonyl (C=O) groups is 6. The van der Waals surface area contributed by atoms with E-state index in [2.05, 4.69) is 10.6 Å². The molecule has 15 heteroatoms. The van der Waals surface area contributed by atoms with Crippen molar-refractivity contribution in [2.24, 2.45) is 11.5 Å². The summed E-state index contributed by atoms with van der Waals surface area (Å²) in [4.78, 5) is 70.2. The van der Waals surface area contributed by atoms with E-state index in [1.807, 2.05) is 5.32 Å². The first-order valence-electron chi connectivity index (χ1n) is 9.93. The van der Waals surface area contributed by atoms with Gasteiger partial charge in [0.15, 0.2) is 6.04 Å². The number of rotatable bonds is 15. The van der Waals surface area contributed by atoms with Crippen molar-refractivity contribution in [1.29, 1.82) is 0 Å². The molecule has 188 valence electrons. The highest BCUT2D eigenvalue weighted by molar-refractivity contribution is 5.94. The van der Waals surface area contributed by atoms with Crippen molar-refractivity contribution in [3.8, 4) is 0 Å². The highest BCUT2D eigenvalue weighted by atomic mass is 16.4. The lowest BCUT2D eigenvalue weighted by Gasteiger charge is -2.26. The van der Waals surface area contributed by atoms with Crippen LogP contribution in [0.15, 0.2) is 0 Å². The maximum Gasteiger partial charge on any atom is 0.328 e. The highest BCUT2D eigenvalue weighted by Gasteiger charge is 2.33. The Hall–Kier alpha value is -3.30. The number of carboxylic acid groups (broad SMARTS) is 2. The van der Waals surface area contributed by atoms with Crippen molar-refractivity contribution in [2.75, 3.05) is 0 Å². The van der Waals surface area contributed by atoms with E-state index < -0.39 is 84.8 Å². The Morgan fingerprint density at radius 2 is 1.27 bits per heavy atom. The molecule has 0 fully saturated rings. The summed E-state index contributed by atoms with van der Waals surface area (Å²) in [6.07, 6.45) is -4.37. The Kier molecular flexibility index (Phi) is 12.6. The van der Waals surface area contributed by atoms with E-state index in [9.17, 15) is 39.0 Å². The third-order valence-electron chi connectivity index (χ3n) is 4.43. The molecule has 0 rings (SSSR count). The van der Waals surface area contributed by atoms with Crippen molar-refractivity contribution in [1.82, 2.24) is 16.0 Å². The number of carbonyl (C=O) groups excluding carboxylic acids is 4. The van der Waals surface area contributed by atoms with Gasteiger partial charge in [-0.25, -0.2) is 4.79 Å². The van der Waals surface area contributed by atoms with E-state index in [1.165, 1.54) is 0 Å². The molecule has 33 heavy (non-hydrogen) atoms. The van der Waals surface area contributed by atoms with Gasteiger partial charge < -0.3 is 47.8 Å². The third-order valence-corrected chi connectivity index (χ3v) is 4.43. The van der Waals surface area contributed by atoms with Crippen LogP contribution in [-0.4, -0.2) is 92.4 Å². The number of aliphatic carboxylic acids is 2. The van der Waals surface area contributed by atoms with Gasteiger partial charge in [-0.2, -0.15) is 0 Å². The predicted octanol–water partition coefficient (Wildman–Crippen LogP) is -4.26. The first-order valence-corrected chi connectivity index (χ1v) is 9.93. The van der Waals surface area contributed by atoms with E-state index in [0.717, 1.165) is 13.8 Å². The molecular formula is C18H31N5O10. The molecule has 0 aromatic rings. The first kappa shape index (κ1) is 29.7. The average Bonchev–Trinajstić information content (AvgIpc) is 2.69. The van der Waals surface area contributed by atoms with Crippen LogP contribution >= 0.6 is 0 Å². The molecule has 6 unspecified atom stereocenters. The van der Waals surface area contributed by atoms with E-state index in [4.69, 9.17) is 21.7 Å². The maximum absolute atomic E-state index is 12.6. The first-order chi connectivity index (χ1) is 15.2. The summed E-state index contributed by atoms with van der Waals surface area (Å²) in [6.45, 7) is 2.25. The minimum absolute atomic E-state index is 0.130. The van der Waals surface area contributed by atoms with Crippen LogP contribution in [0.25, 0.3) is 0 Å². The topological polar surface area (TPSA) is 271 Å². The summed E-state index contributed by atoms with van der Waals surface area (Å²) < 4.78 is 0. The van der Waals surface area contributed by atoms with Crippen molar-refractivity contribution in [3.05, 3.63) is 0 Å². The fourth-order valence-electron chi connectivity index (χ4n) is 2.54. The van der Waals surface area contributed by atoms with E-state index in [0.29, 0.717) is 0 Å². The molecule has 15 nitrogen and oxygen atoms in total. The van der Waals surface area contributed by atoms with Crippen LogP contribution in [0.4, 0.5) is 0 Å². The van der Waals surface area contributed by atoms with Crippen LogP contribution in [0, 0.1) is 0 Å². The Labute approximate surface area is 188 Å². The third kappa shape index (κ3) is 11.2. The van der Waals surface area contributed by atoms with Crippen molar-refractivity contribution < 1.29 is 49.2 Å². The molecule has 0 heterocycles. The van der Waals surface area contributed by atoms with Gasteiger partial charge in [-0.1, -0.05) is 0 Å². The van der Waals surface area contributed by atoms with E-state index in [1.54, 1.807) is 0 Å². The van der Waals surface area contributed by atoms with Crippen molar-refractivity contribution in [3.63, 3.8) is 0 Å². The van der Waals surface area contributed by atoms with Gasteiger partial charge in [0.1, 0.15) is 12.1 Å². The largest absolute Gasteiger partial charge is 0.481 e. The minimum atomic E-state index is -1.74. The van der Waals surface area contributed by atoms with Crippen LogP contribution < -0.4 is 27.4 Å². The van der Waals surface area contributed by atoms with Gasteiger partial charge in [0.2, 0.25) is 23.6 Å². The molecule has 0 bridgehead atoms. The SMILES string of the molecule is CC(O)C(NC(=O)C(CCC(=O)O)NC(=O)C(NC(=O)C(N)CCC(N)=O)C(C)O)C(=O)O. The van der Waals surface area contributed by atoms with Gasteiger partial charge in [-0.15, -0.1) is 0 Å². The molecule has 0 spiro atoms. The number of nitrogens with one attached hydrogen (secondary N) is 3.